The zero-order valence-corrected chi connectivity index (χ0v) is 14.2. The van der Waals surface area contributed by atoms with Crippen LogP contribution in [0, 0.1) is 12.8 Å². The van der Waals surface area contributed by atoms with Crippen molar-refractivity contribution in [2.24, 2.45) is 5.92 Å². The van der Waals surface area contributed by atoms with Gasteiger partial charge in [0, 0.05) is 17.4 Å². The summed E-state index contributed by atoms with van der Waals surface area (Å²) < 4.78 is 5.38. The van der Waals surface area contributed by atoms with E-state index >= 15 is 0 Å². The fourth-order valence-electron chi connectivity index (χ4n) is 3.13. The van der Waals surface area contributed by atoms with E-state index in [1.807, 2.05) is 31.2 Å². The van der Waals surface area contributed by atoms with E-state index in [-0.39, 0.29) is 17.6 Å². The first kappa shape index (κ1) is 16.9. The van der Waals surface area contributed by atoms with E-state index in [0.29, 0.717) is 24.2 Å². The van der Waals surface area contributed by atoms with E-state index in [9.17, 15) is 14.4 Å². The van der Waals surface area contributed by atoms with Crippen molar-refractivity contribution in [2.75, 3.05) is 7.11 Å². The molecule has 1 aliphatic rings. The molecule has 2 aromatic rings. The van der Waals surface area contributed by atoms with Gasteiger partial charge in [-0.15, -0.1) is 0 Å². The number of aryl methyl sites for hydroxylation is 1. The first-order valence-electron chi connectivity index (χ1n) is 8.14. The van der Waals surface area contributed by atoms with Gasteiger partial charge in [0.25, 0.3) is 0 Å². The third-order valence-electron chi connectivity index (χ3n) is 4.46. The van der Waals surface area contributed by atoms with Gasteiger partial charge in [0.15, 0.2) is 5.78 Å². The third kappa shape index (κ3) is 3.31. The van der Waals surface area contributed by atoms with Crippen molar-refractivity contribution in [1.29, 1.82) is 0 Å². The molecule has 3 rings (SSSR count). The summed E-state index contributed by atoms with van der Waals surface area (Å²) in [5.41, 5.74) is 1.55. The molecule has 1 atom stereocenters. The first-order chi connectivity index (χ1) is 12.0. The Morgan fingerprint density at radius 2 is 2.04 bits per heavy atom. The Kier molecular flexibility index (Phi) is 4.65. The lowest BCUT2D eigenvalue weighted by Crippen LogP contribution is -2.39. The van der Waals surface area contributed by atoms with E-state index in [0.717, 1.165) is 16.3 Å². The quantitative estimate of drug-likeness (QED) is 0.529. The maximum absolute atomic E-state index is 12.7. The van der Waals surface area contributed by atoms with Crippen LogP contribution in [0.4, 0.5) is 0 Å². The number of methoxy groups -OCH3 is 1. The van der Waals surface area contributed by atoms with E-state index < -0.39 is 5.92 Å². The van der Waals surface area contributed by atoms with Crippen molar-refractivity contribution in [3.63, 3.8) is 0 Å². The van der Waals surface area contributed by atoms with Crippen molar-refractivity contribution in [1.82, 2.24) is 5.32 Å². The number of ketones is 1. The molecule has 128 valence electrons. The highest BCUT2D eigenvalue weighted by atomic mass is 16.5. The number of fused-ring (bicyclic) bond motifs is 1. The summed E-state index contributed by atoms with van der Waals surface area (Å²) in [6.07, 6.45) is 3.72. The molecule has 1 heterocycles. The average molecular weight is 337 g/mol. The normalized spacial score (nSPS) is 17.8. The van der Waals surface area contributed by atoms with Crippen LogP contribution in [0.1, 0.15) is 28.8 Å². The van der Waals surface area contributed by atoms with Crippen LogP contribution < -0.4 is 10.1 Å². The molecule has 2 aromatic carbocycles. The van der Waals surface area contributed by atoms with Crippen molar-refractivity contribution < 1.29 is 19.1 Å². The third-order valence-corrected chi connectivity index (χ3v) is 4.46. The van der Waals surface area contributed by atoms with Crippen LogP contribution in [0.25, 0.3) is 10.8 Å². The van der Waals surface area contributed by atoms with Gasteiger partial charge in [-0.2, -0.15) is 0 Å². The number of piperidine rings is 1. The molecular formula is C20H19NO4. The van der Waals surface area contributed by atoms with Gasteiger partial charge in [-0.1, -0.05) is 30.3 Å². The van der Waals surface area contributed by atoms with Gasteiger partial charge in [-0.3, -0.25) is 19.7 Å². The molecule has 25 heavy (non-hydrogen) atoms. The zero-order chi connectivity index (χ0) is 18.0. The molecule has 1 N–H and O–H groups in total. The summed E-state index contributed by atoms with van der Waals surface area (Å²) >= 11 is 0. The van der Waals surface area contributed by atoms with Crippen LogP contribution in [-0.2, 0) is 9.59 Å². The van der Waals surface area contributed by atoms with Crippen LogP contribution in [0.5, 0.6) is 5.75 Å². The molecular weight excluding hydrogens is 318 g/mol. The number of hydrogen-bond donors (Lipinski definition) is 1. The molecule has 0 aromatic heterocycles. The molecule has 0 aliphatic carbocycles. The fraction of sp³-hybridized carbons (Fsp3) is 0.250. The monoisotopic (exact) mass is 337 g/mol. The van der Waals surface area contributed by atoms with Gasteiger partial charge in [-0.05, 0) is 36.4 Å². The van der Waals surface area contributed by atoms with E-state index in [1.165, 1.54) is 6.08 Å². The number of allylic oxidation sites excluding steroid dienone is 1. The van der Waals surface area contributed by atoms with Crippen LogP contribution in [0.2, 0.25) is 0 Å². The Morgan fingerprint density at radius 1 is 1.24 bits per heavy atom. The Hall–Kier alpha value is -2.95. The lowest BCUT2D eigenvalue weighted by molar-refractivity contribution is -0.135. The predicted octanol–water partition coefficient (Wildman–Crippen LogP) is 2.95. The average Bonchev–Trinajstić information content (AvgIpc) is 2.60. The summed E-state index contributed by atoms with van der Waals surface area (Å²) in [5, 5.41) is 4.01. The number of carbonyl (C=O) groups excluding carboxylic acids is 3. The summed E-state index contributed by atoms with van der Waals surface area (Å²) in [6.45, 7) is 1.95. The SMILES string of the molecule is COc1ccc(C)c2c(C(=O)/C=C/C3CCC(=O)NC3=O)cccc12. The lowest BCUT2D eigenvalue weighted by Gasteiger charge is -2.17. The van der Waals surface area contributed by atoms with E-state index in [4.69, 9.17) is 4.74 Å². The second-order valence-corrected chi connectivity index (χ2v) is 6.09. The minimum atomic E-state index is -0.452. The molecule has 1 fully saturated rings. The van der Waals surface area contributed by atoms with Crippen LogP contribution in [0.3, 0.4) is 0 Å². The highest BCUT2D eigenvalue weighted by Crippen LogP contribution is 2.31. The van der Waals surface area contributed by atoms with Gasteiger partial charge in [0.2, 0.25) is 11.8 Å². The maximum Gasteiger partial charge on any atom is 0.233 e. The summed E-state index contributed by atoms with van der Waals surface area (Å²) in [6, 6.07) is 9.30. The predicted molar refractivity (Wildman–Crippen MR) is 94.6 cm³/mol. The molecule has 1 saturated heterocycles. The summed E-state index contributed by atoms with van der Waals surface area (Å²) in [4.78, 5) is 35.7. The molecule has 0 saturated carbocycles. The largest absolute Gasteiger partial charge is 0.496 e. The number of hydrogen-bond acceptors (Lipinski definition) is 4. The van der Waals surface area contributed by atoms with Gasteiger partial charge in [-0.25, -0.2) is 0 Å². The molecule has 5 nitrogen and oxygen atoms in total. The summed E-state index contributed by atoms with van der Waals surface area (Å²) in [5.74, 6) is -0.530. The fourth-order valence-corrected chi connectivity index (χ4v) is 3.13. The number of benzene rings is 2. The van der Waals surface area contributed by atoms with Crippen LogP contribution in [0.15, 0.2) is 42.5 Å². The Balaban J connectivity index is 1.94. The van der Waals surface area contributed by atoms with Gasteiger partial charge in [0.1, 0.15) is 5.75 Å². The maximum atomic E-state index is 12.7. The highest BCUT2D eigenvalue weighted by Gasteiger charge is 2.24. The Morgan fingerprint density at radius 3 is 2.76 bits per heavy atom. The van der Waals surface area contributed by atoms with Gasteiger partial charge >= 0.3 is 0 Å². The first-order valence-corrected chi connectivity index (χ1v) is 8.14. The number of rotatable bonds is 4. The molecule has 0 radical (unpaired) electrons. The van der Waals surface area contributed by atoms with Gasteiger partial charge in [0.05, 0.1) is 13.0 Å². The number of carbonyl (C=O) groups is 3. The number of ether oxygens (including phenoxy) is 1. The minimum absolute atomic E-state index is 0.174. The molecule has 2 amide bonds. The smallest absolute Gasteiger partial charge is 0.233 e. The number of amides is 2. The standard InChI is InChI=1S/C20H19NO4/c1-12-6-10-17(25-2)15-5-3-4-14(19(12)15)16(22)9-7-13-8-11-18(23)21-20(13)24/h3-7,9-10,13H,8,11H2,1-2H3,(H,21,23,24)/b9-7+. The Labute approximate surface area is 145 Å². The van der Waals surface area contributed by atoms with Gasteiger partial charge < -0.3 is 4.74 Å². The summed E-state index contributed by atoms with van der Waals surface area (Å²) in [7, 11) is 1.60. The van der Waals surface area contributed by atoms with E-state index in [2.05, 4.69) is 5.32 Å². The van der Waals surface area contributed by atoms with Crippen molar-refractivity contribution in [3.8, 4) is 5.75 Å². The molecule has 1 aliphatic heterocycles. The number of nitrogens with one attached hydrogen (secondary N) is 1. The molecule has 1 unspecified atom stereocenters. The zero-order valence-electron chi connectivity index (χ0n) is 14.2. The highest BCUT2D eigenvalue weighted by molar-refractivity contribution is 6.15. The molecule has 5 heteroatoms. The van der Waals surface area contributed by atoms with Crippen LogP contribution in [-0.4, -0.2) is 24.7 Å². The van der Waals surface area contributed by atoms with Crippen molar-refractivity contribution in [2.45, 2.75) is 19.8 Å². The Bertz CT molecular complexity index is 898. The second kappa shape index (κ2) is 6.89. The van der Waals surface area contributed by atoms with Crippen molar-refractivity contribution >= 4 is 28.4 Å². The second-order valence-electron chi connectivity index (χ2n) is 6.09. The van der Waals surface area contributed by atoms with Crippen molar-refractivity contribution in [3.05, 3.63) is 53.6 Å². The molecule has 0 spiro atoms. The molecule has 0 bridgehead atoms. The topological polar surface area (TPSA) is 72.5 Å². The lowest BCUT2D eigenvalue weighted by atomic mass is 9.94. The van der Waals surface area contributed by atoms with E-state index in [1.54, 1.807) is 19.3 Å². The van der Waals surface area contributed by atoms with Crippen LogP contribution >= 0.6 is 0 Å². The minimum Gasteiger partial charge on any atom is -0.496 e. The number of imide groups is 1.